The molecule has 1 N–H and O–H groups in total. The summed E-state index contributed by atoms with van der Waals surface area (Å²) in [6, 6.07) is 7.25. The molecule has 5 nitrogen and oxygen atoms in total. The zero-order chi connectivity index (χ0) is 15.5. The van der Waals surface area contributed by atoms with E-state index in [4.69, 9.17) is 4.74 Å². The summed E-state index contributed by atoms with van der Waals surface area (Å²) in [6.45, 7) is 3.52. The van der Waals surface area contributed by atoms with E-state index >= 15 is 0 Å². The lowest BCUT2D eigenvalue weighted by molar-refractivity contribution is -0.117. The van der Waals surface area contributed by atoms with Gasteiger partial charge in [0.1, 0.15) is 0 Å². The standard InChI is InChI=1S/C17H22N2O3/c1-12(15-4-3-11-22-15)18-17(21)13-6-8-14(9-7-13)19-10-2-5-16(19)20/h6-9,12,15H,2-5,10-11H2,1H3,(H,18,21). The molecule has 2 heterocycles. The minimum Gasteiger partial charge on any atom is -0.376 e. The Hall–Kier alpha value is -1.88. The van der Waals surface area contributed by atoms with Gasteiger partial charge in [-0.3, -0.25) is 9.59 Å². The Kier molecular flexibility index (Phi) is 4.43. The SMILES string of the molecule is CC(NC(=O)c1ccc(N2CCCC2=O)cc1)C1CCCO1. The molecule has 1 aromatic rings. The van der Waals surface area contributed by atoms with Crippen LogP contribution in [-0.2, 0) is 9.53 Å². The normalized spacial score (nSPS) is 22.9. The summed E-state index contributed by atoms with van der Waals surface area (Å²) >= 11 is 0. The average Bonchev–Trinajstić information content (AvgIpc) is 3.18. The number of ether oxygens (including phenoxy) is 1. The van der Waals surface area contributed by atoms with Crippen molar-refractivity contribution in [1.82, 2.24) is 5.32 Å². The van der Waals surface area contributed by atoms with Gasteiger partial charge in [-0.2, -0.15) is 0 Å². The molecular weight excluding hydrogens is 280 g/mol. The fourth-order valence-corrected chi connectivity index (χ4v) is 3.09. The van der Waals surface area contributed by atoms with Crippen LogP contribution in [0.3, 0.4) is 0 Å². The minimum absolute atomic E-state index is 0.00911. The van der Waals surface area contributed by atoms with Gasteiger partial charge >= 0.3 is 0 Å². The monoisotopic (exact) mass is 302 g/mol. The summed E-state index contributed by atoms with van der Waals surface area (Å²) in [5.74, 6) is 0.0616. The lowest BCUT2D eigenvalue weighted by Gasteiger charge is -2.20. The molecule has 2 aliphatic heterocycles. The number of carbonyl (C=O) groups is 2. The predicted octanol–water partition coefficient (Wildman–Crippen LogP) is 2.11. The topological polar surface area (TPSA) is 58.6 Å². The summed E-state index contributed by atoms with van der Waals surface area (Å²) < 4.78 is 5.59. The second-order valence-corrected chi connectivity index (χ2v) is 6.01. The number of benzene rings is 1. The first-order valence-corrected chi connectivity index (χ1v) is 7.98. The van der Waals surface area contributed by atoms with E-state index < -0.39 is 0 Å². The van der Waals surface area contributed by atoms with Crippen molar-refractivity contribution in [2.24, 2.45) is 0 Å². The third kappa shape index (κ3) is 3.14. The first-order chi connectivity index (χ1) is 10.6. The highest BCUT2D eigenvalue weighted by atomic mass is 16.5. The van der Waals surface area contributed by atoms with Crippen LogP contribution in [0.15, 0.2) is 24.3 Å². The molecule has 2 saturated heterocycles. The van der Waals surface area contributed by atoms with Crippen LogP contribution in [0.25, 0.3) is 0 Å². The number of hydrogen-bond acceptors (Lipinski definition) is 3. The Morgan fingerprint density at radius 1 is 1.32 bits per heavy atom. The predicted molar refractivity (Wildman–Crippen MR) is 83.9 cm³/mol. The number of nitrogens with one attached hydrogen (secondary N) is 1. The fraction of sp³-hybridized carbons (Fsp3) is 0.529. The molecule has 2 atom stereocenters. The van der Waals surface area contributed by atoms with Gasteiger partial charge in [0, 0.05) is 30.8 Å². The van der Waals surface area contributed by atoms with Crippen molar-refractivity contribution in [2.75, 3.05) is 18.1 Å². The number of carbonyl (C=O) groups excluding carboxylic acids is 2. The molecule has 0 aromatic heterocycles. The number of hydrogen-bond donors (Lipinski definition) is 1. The Morgan fingerprint density at radius 2 is 2.09 bits per heavy atom. The zero-order valence-electron chi connectivity index (χ0n) is 12.9. The first kappa shape index (κ1) is 15.0. The molecule has 0 radical (unpaired) electrons. The van der Waals surface area contributed by atoms with Crippen molar-refractivity contribution in [2.45, 2.75) is 44.8 Å². The van der Waals surface area contributed by atoms with Gasteiger partial charge in [-0.1, -0.05) is 0 Å². The van der Waals surface area contributed by atoms with Gasteiger partial charge in [0.15, 0.2) is 0 Å². The number of amides is 2. The molecule has 2 aliphatic rings. The van der Waals surface area contributed by atoms with Gasteiger partial charge in [-0.25, -0.2) is 0 Å². The molecule has 1 aromatic carbocycles. The van der Waals surface area contributed by atoms with Gasteiger partial charge in [-0.15, -0.1) is 0 Å². The fourth-order valence-electron chi connectivity index (χ4n) is 3.09. The molecule has 2 amide bonds. The van der Waals surface area contributed by atoms with E-state index in [0.717, 1.165) is 38.1 Å². The smallest absolute Gasteiger partial charge is 0.251 e. The molecule has 0 saturated carbocycles. The summed E-state index contributed by atoms with van der Waals surface area (Å²) in [5.41, 5.74) is 1.48. The van der Waals surface area contributed by atoms with E-state index in [2.05, 4.69) is 5.32 Å². The highest BCUT2D eigenvalue weighted by Crippen LogP contribution is 2.22. The van der Waals surface area contributed by atoms with E-state index in [1.165, 1.54) is 0 Å². The van der Waals surface area contributed by atoms with E-state index in [0.29, 0.717) is 12.0 Å². The maximum atomic E-state index is 12.3. The van der Waals surface area contributed by atoms with Crippen LogP contribution in [-0.4, -0.2) is 37.1 Å². The van der Waals surface area contributed by atoms with Gasteiger partial charge in [0.05, 0.1) is 12.1 Å². The van der Waals surface area contributed by atoms with Crippen LogP contribution in [0, 0.1) is 0 Å². The minimum atomic E-state index is -0.0951. The van der Waals surface area contributed by atoms with Crippen LogP contribution in [0.2, 0.25) is 0 Å². The largest absolute Gasteiger partial charge is 0.376 e. The van der Waals surface area contributed by atoms with Crippen molar-refractivity contribution in [3.05, 3.63) is 29.8 Å². The lowest BCUT2D eigenvalue weighted by atomic mass is 10.1. The molecule has 118 valence electrons. The van der Waals surface area contributed by atoms with E-state index in [-0.39, 0.29) is 24.0 Å². The highest BCUT2D eigenvalue weighted by molar-refractivity contribution is 5.97. The zero-order valence-corrected chi connectivity index (χ0v) is 12.9. The van der Waals surface area contributed by atoms with E-state index in [1.807, 2.05) is 19.1 Å². The second kappa shape index (κ2) is 6.48. The van der Waals surface area contributed by atoms with Gasteiger partial charge in [0.25, 0.3) is 5.91 Å². The van der Waals surface area contributed by atoms with Gasteiger partial charge in [-0.05, 0) is 50.5 Å². The van der Waals surface area contributed by atoms with Crippen molar-refractivity contribution < 1.29 is 14.3 Å². The highest BCUT2D eigenvalue weighted by Gasteiger charge is 2.24. The Labute approximate surface area is 130 Å². The van der Waals surface area contributed by atoms with Crippen molar-refractivity contribution >= 4 is 17.5 Å². The maximum Gasteiger partial charge on any atom is 0.251 e. The maximum absolute atomic E-state index is 12.3. The van der Waals surface area contributed by atoms with Crippen LogP contribution >= 0.6 is 0 Å². The van der Waals surface area contributed by atoms with Crippen molar-refractivity contribution in [1.29, 1.82) is 0 Å². The molecule has 3 rings (SSSR count). The van der Waals surface area contributed by atoms with Crippen LogP contribution in [0.5, 0.6) is 0 Å². The van der Waals surface area contributed by atoms with Crippen molar-refractivity contribution in [3.8, 4) is 0 Å². The van der Waals surface area contributed by atoms with Gasteiger partial charge in [0.2, 0.25) is 5.91 Å². The molecule has 5 heteroatoms. The Balaban J connectivity index is 1.62. The Bertz CT molecular complexity index is 550. The van der Waals surface area contributed by atoms with Crippen LogP contribution < -0.4 is 10.2 Å². The third-order valence-corrected chi connectivity index (χ3v) is 4.40. The molecule has 22 heavy (non-hydrogen) atoms. The molecule has 0 spiro atoms. The van der Waals surface area contributed by atoms with E-state index in [1.54, 1.807) is 17.0 Å². The Morgan fingerprint density at radius 3 is 2.68 bits per heavy atom. The quantitative estimate of drug-likeness (QED) is 0.926. The molecule has 0 aliphatic carbocycles. The third-order valence-electron chi connectivity index (χ3n) is 4.40. The summed E-state index contributed by atoms with van der Waals surface area (Å²) in [7, 11) is 0. The molecule has 2 fully saturated rings. The van der Waals surface area contributed by atoms with Crippen LogP contribution in [0.1, 0.15) is 43.0 Å². The van der Waals surface area contributed by atoms with Crippen molar-refractivity contribution in [3.63, 3.8) is 0 Å². The van der Waals surface area contributed by atoms with Gasteiger partial charge < -0.3 is 15.0 Å². The van der Waals surface area contributed by atoms with Crippen LogP contribution in [0.4, 0.5) is 5.69 Å². The number of rotatable bonds is 4. The summed E-state index contributed by atoms with van der Waals surface area (Å²) in [4.78, 5) is 25.8. The molecular formula is C17H22N2O3. The molecule has 0 bridgehead atoms. The summed E-state index contributed by atoms with van der Waals surface area (Å²) in [5, 5.41) is 2.99. The number of anilines is 1. The second-order valence-electron chi connectivity index (χ2n) is 6.01. The van der Waals surface area contributed by atoms with E-state index in [9.17, 15) is 9.59 Å². The summed E-state index contributed by atoms with van der Waals surface area (Å²) in [6.07, 6.45) is 3.69. The average molecular weight is 302 g/mol. The molecule has 2 unspecified atom stereocenters. The first-order valence-electron chi connectivity index (χ1n) is 7.98. The lowest BCUT2D eigenvalue weighted by Crippen LogP contribution is -2.40. The number of nitrogens with zero attached hydrogens (tertiary/aromatic N) is 1.